The Morgan fingerprint density at radius 2 is 1.93 bits per heavy atom. The Bertz CT molecular complexity index is 305. The largest absolute Gasteiger partial charge is 0.508 e. The molecule has 0 radical (unpaired) electrons. The normalized spacial score (nSPS) is 14.5. The van der Waals surface area contributed by atoms with Crippen LogP contribution in [0.5, 0.6) is 5.75 Å². The topological polar surface area (TPSA) is 32.3 Å². The standard InChI is InChI=1S/C13H19NO/c1-4-10(2)14-11(3)9-12-5-7-13(15)8-6-12/h4-8,10-11,14-15H,1,9H2,2-3H3. The van der Waals surface area contributed by atoms with Gasteiger partial charge < -0.3 is 10.4 Å². The van der Waals surface area contributed by atoms with Crippen LogP contribution < -0.4 is 5.32 Å². The Morgan fingerprint density at radius 3 is 2.47 bits per heavy atom. The zero-order chi connectivity index (χ0) is 11.3. The summed E-state index contributed by atoms with van der Waals surface area (Å²) >= 11 is 0. The number of aromatic hydroxyl groups is 1. The van der Waals surface area contributed by atoms with E-state index >= 15 is 0 Å². The molecule has 0 aromatic heterocycles. The Balaban J connectivity index is 2.47. The van der Waals surface area contributed by atoms with Gasteiger partial charge in [-0.25, -0.2) is 0 Å². The molecule has 1 aromatic carbocycles. The van der Waals surface area contributed by atoms with E-state index in [1.54, 1.807) is 12.1 Å². The predicted octanol–water partition coefficient (Wildman–Crippen LogP) is 2.49. The highest BCUT2D eigenvalue weighted by molar-refractivity contribution is 5.26. The summed E-state index contributed by atoms with van der Waals surface area (Å²) < 4.78 is 0. The number of phenols is 1. The Kier molecular flexibility index (Phi) is 4.37. The van der Waals surface area contributed by atoms with Crippen LogP contribution in [-0.2, 0) is 6.42 Å². The van der Waals surface area contributed by atoms with Gasteiger partial charge in [0.15, 0.2) is 0 Å². The summed E-state index contributed by atoms with van der Waals surface area (Å²) in [6, 6.07) is 8.08. The molecule has 0 fully saturated rings. The fourth-order valence-corrected chi connectivity index (χ4v) is 1.56. The van der Waals surface area contributed by atoms with Crippen LogP contribution in [0.2, 0.25) is 0 Å². The number of hydrogen-bond donors (Lipinski definition) is 2. The third-order valence-electron chi connectivity index (χ3n) is 2.38. The second kappa shape index (κ2) is 5.56. The molecule has 0 saturated carbocycles. The Morgan fingerprint density at radius 1 is 1.33 bits per heavy atom. The summed E-state index contributed by atoms with van der Waals surface area (Å²) in [6.07, 6.45) is 2.85. The molecular weight excluding hydrogens is 186 g/mol. The molecule has 0 bridgehead atoms. The minimum absolute atomic E-state index is 0.318. The molecule has 2 heteroatoms. The van der Waals surface area contributed by atoms with E-state index in [-0.39, 0.29) is 0 Å². The van der Waals surface area contributed by atoms with Crippen LogP contribution >= 0.6 is 0 Å². The van der Waals surface area contributed by atoms with E-state index in [4.69, 9.17) is 5.11 Å². The average molecular weight is 205 g/mol. The maximum absolute atomic E-state index is 9.15. The molecule has 2 N–H and O–H groups in total. The molecule has 0 heterocycles. The first kappa shape index (κ1) is 11.8. The lowest BCUT2D eigenvalue weighted by Crippen LogP contribution is -2.34. The van der Waals surface area contributed by atoms with Gasteiger partial charge >= 0.3 is 0 Å². The number of nitrogens with one attached hydrogen (secondary N) is 1. The molecule has 15 heavy (non-hydrogen) atoms. The van der Waals surface area contributed by atoms with Gasteiger partial charge in [-0.1, -0.05) is 18.2 Å². The summed E-state index contributed by atoms with van der Waals surface area (Å²) in [5.74, 6) is 0.318. The minimum Gasteiger partial charge on any atom is -0.508 e. The summed E-state index contributed by atoms with van der Waals surface area (Å²) in [7, 11) is 0. The maximum Gasteiger partial charge on any atom is 0.115 e. The second-order valence-corrected chi connectivity index (χ2v) is 3.96. The van der Waals surface area contributed by atoms with E-state index in [1.807, 2.05) is 18.2 Å². The molecule has 0 spiro atoms. The Labute approximate surface area is 91.6 Å². The molecule has 2 atom stereocenters. The molecule has 0 amide bonds. The quantitative estimate of drug-likeness (QED) is 0.724. The number of hydrogen-bond acceptors (Lipinski definition) is 2. The van der Waals surface area contributed by atoms with E-state index in [9.17, 15) is 0 Å². The van der Waals surface area contributed by atoms with Crippen molar-refractivity contribution < 1.29 is 5.11 Å². The predicted molar refractivity (Wildman–Crippen MR) is 64.1 cm³/mol. The minimum atomic E-state index is 0.318. The first-order valence-electron chi connectivity index (χ1n) is 5.28. The molecule has 0 aliphatic heterocycles. The van der Waals surface area contributed by atoms with Crippen LogP contribution in [0.15, 0.2) is 36.9 Å². The molecule has 0 saturated heterocycles. The van der Waals surface area contributed by atoms with E-state index in [0.717, 1.165) is 6.42 Å². The van der Waals surface area contributed by atoms with Crippen LogP contribution in [0.3, 0.4) is 0 Å². The zero-order valence-corrected chi connectivity index (χ0v) is 9.40. The van der Waals surface area contributed by atoms with Gasteiger partial charge in [-0.15, -0.1) is 6.58 Å². The highest BCUT2D eigenvalue weighted by Gasteiger charge is 2.05. The van der Waals surface area contributed by atoms with E-state index < -0.39 is 0 Å². The van der Waals surface area contributed by atoms with Gasteiger partial charge in [-0.2, -0.15) is 0 Å². The second-order valence-electron chi connectivity index (χ2n) is 3.96. The number of phenolic OH excluding ortho intramolecular Hbond substituents is 1. The number of rotatable bonds is 5. The average Bonchev–Trinajstić information content (AvgIpc) is 2.21. The molecule has 1 aromatic rings. The van der Waals surface area contributed by atoms with Crippen molar-refractivity contribution in [2.24, 2.45) is 0 Å². The molecular formula is C13H19NO. The Hall–Kier alpha value is -1.28. The van der Waals surface area contributed by atoms with Gasteiger partial charge in [0.2, 0.25) is 0 Å². The van der Waals surface area contributed by atoms with E-state index in [1.165, 1.54) is 5.56 Å². The van der Waals surface area contributed by atoms with Crippen molar-refractivity contribution >= 4 is 0 Å². The highest BCUT2D eigenvalue weighted by Crippen LogP contribution is 2.11. The van der Waals surface area contributed by atoms with E-state index in [0.29, 0.717) is 17.8 Å². The van der Waals surface area contributed by atoms with Crippen molar-refractivity contribution in [2.45, 2.75) is 32.4 Å². The fourth-order valence-electron chi connectivity index (χ4n) is 1.56. The number of benzene rings is 1. The molecule has 2 nitrogen and oxygen atoms in total. The lowest BCUT2D eigenvalue weighted by molar-refractivity contribution is 0.474. The van der Waals surface area contributed by atoms with Gasteiger partial charge in [-0.05, 0) is 38.0 Å². The van der Waals surface area contributed by atoms with Gasteiger partial charge in [-0.3, -0.25) is 0 Å². The van der Waals surface area contributed by atoms with Crippen molar-refractivity contribution in [3.63, 3.8) is 0 Å². The molecule has 82 valence electrons. The summed E-state index contributed by atoms with van der Waals surface area (Å²) in [4.78, 5) is 0. The van der Waals surface area contributed by atoms with Crippen LogP contribution in [0, 0.1) is 0 Å². The van der Waals surface area contributed by atoms with E-state index in [2.05, 4.69) is 25.7 Å². The van der Waals surface area contributed by atoms with Gasteiger partial charge in [0, 0.05) is 12.1 Å². The van der Waals surface area contributed by atoms with Crippen molar-refractivity contribution in [3.05, 3.63) is 42.5 Å². The van der Waals surface area contributed by atoms with Gasteiger partial charge in [0.1, 0.15) is 5.75 Å². The smallest absolute Gasteiger partial charge is 0.115 e. The first-order chi connectivity index (χ1) is 7.11. The van der Waals surface area contributed by atoms with Crippen molar-refractivity contribution in [1.29, 1.82) is 0 Å². The highest BCUT2D eigenvalue weighted by atomic mass is 16.3. The molecule has 2 unspecified atom stereocenters. The van der Waals surface area contributed by atoms with Crippen LogP contribution in [0.4, 0.5) is 0 Å². The third kappa shape index (κ3) is 4.17. The molecule has 0 aliphatic rings. The molecule has 0 aliphatic carbocycles. The lowest BCUT2D eigenvalue weighted by Gasteiger charge is -2.17. The molecule has 1 rings (SSSR count). The lowest BCUT2D eigenvalue weighted by atomic mass is 10.1. The van der Waals surface area contributed by atoms with Crippen LogP contribution in [-0.4, -0.2) is 17.2 Å². The maximum atomic E-state index is 9.15. The fraction of sp³-hybridized carbons (Fsp3) is 0.385. The van der Waals surface area contributed by atoms with Crippen LogP contribution in [0.25, 0.3) is 0 Å². The summed E-state index contributed by atoms with van der Waals surface area (Å²) in [5.41, 5.74) is 1.23. The van der Waals surface area contributed by atoms with Gasteiger partial charge in [0.05, 0.1) is 0 Å². The zero-order valence-electron chi connectivity index (χ0n) is 9.40. The van der Waals surface area contributed by atoms with Crippen LogP contribution in [0.1, 0.15) is 19.4 Å². The monoisotopic (exact) mass is 205 g/mol. The van der Waals surface area contributed by atoms with Crippen molar-refractivity contribution in [2.75, 3.05) is 0 Å². The summed E-state index contributed by atoms with van der Waals surface area (Å²) in [5, 5.41) is 12.6. The third-order valence-corrected chi connectivity index (χ3v) is 2.38. The van der Waals surface area contributed by atoms with Crippen molar-refractivity contribution in [3.8, 4) is 5.75 Å². The van der Waals surface area contributed by atoms with Crippen molar-refractivity contribution in [1.82, 2.24) is 5.32 Å². The summed E-state index contributed by atoms with van der Waals surface area (Å²) in [6.45, 7) is 7.97. The first-order valence-corrected chi connectivity index (χ1v) is 5.28. The SMILES string of the molecule is C=CC(C)NC(C)Cc1ccc(O)cc1. The van der Waals surface area contributed by atoms with Gasteiger partial charge in [0.25, 0.3) is 0 Å².